The minimum Gasteiger partial charge on any atom is -0.481 e. The molecule has 0 spiro atoms. The topological polar surface area (TPSA) is 143 Å². The van der Waals surface area contributed by atoms with E-state index in [9.17, 15) is 29.5 Å². The predicted molar refractivity (Wildman–Crippen MR) is 178 cm³/mol. The first-order valence-corrected chi connectivity index (χ1v) is 16.1. The standard InChI is InChI=1S/C34H42N2O7S2/c1-6-10-27(37)43-26-15-13-24(14-16-26)28(38)42-22-21-36-30(39)34(5,45-29(44)25-11-8-7-9-12-25)20-19-33(4,31(40)41)18-17-32(2,3)23-35/h7-9,11-16H,6,10,17-22H2,1-5H3,(H,36,39)(H,40,41). The van der Waals surface area contributed by atoms with Crippen LogP contribution in [0.25, 0.3) is 0 Å². The lowest BCUT2D eigenvalue weighted by molar-refractivity contribution is -0.149. The van der Waals surface area contributed by atoms with Crippen LogP contribution in [0.5, 0.6) is 5.75 Å². The molecule has 2 unspecified atom stereocenters. The molecule has 0 bridgehead atoms. The van der Waals surface area contributed by atoms with Gasteiger partial charge in [-0.3, -0.25) is 14.4 Å². The number of nitrogens with one attached hydrogen (secondary N) is 1. The van der Waals surface area contributed by atoms with Crippen molar-refractivity contribution in [1.29, 1.82) is 5.26 Å². The number of benzene rings is 2. The quantitative estimate of drug-likeness (QED) is 0.0815. The van der Waals surface area contributed by atoms with E-state index >= 15 is 0 Å². The number of nitriles is 1. The maximum Gasteiger partial charge on any atom is 0.338 e. The first kappa shape index (κ1) is 37.4. The van der Waals surface area contributed by atoms with E-state index in [0.717, 1.165) is 5.56 Å². The summed E-state index contributed by atoms with van der Waals surface area (Å²) in [7, 11) is 0. The zero-order valence-corrected chi connectivity index (χ0v) is 28.1. The van der Waals surface area contributed by atoms with E-state index in [0.29, 0.717) is 29.2 Å². The van der Waals surface area contributed by atoms with Crippen molar-refractivity contribution in [2.75, 3.05) is 13.2 Å². The fourth-order valence-corrected chi connectivity index (χ4v) is 5.89. The second-order valence-electron chi connectivity index (χ2n) is 12.0. The average molecular weight is 655 g/mol. The van der Waals surface area contributed by atoms with Crippen LogP contribution in [0.3, 0.4) is 0 Å². The van der Waals surface area contributed by atoms with Crippen molar-refractivity contribution in [2.24, 2.45) is 10.8 Å². The summed E-state index contributed by atoms with van der Waals surface area (Å²) in [5.74, 6) is -1.99. The molecule has 9 nitrogen and oxygen atoms in total. The minimum absolute atomic E-state index is 0.0259. The molecule has 2 aromatic carbocycles. The van der Waals surface area contributed by atoms with E-state index in [4.69, 9.17) is 21.7 Å². The third-order valence-corrected chi connectivity index (χ3v) is 9.23. The molecule has 0 aliphatic rings. The number of carboxylic acid groups (broad SMARTS) is 1. The van der Waals surface area contributed by atoms with Gasteiger partial charge in [0, 0.05) is 6.42 Å². The molecule has 2 rings (SSSR count). The Morgan fingerprint density at radius 2 is 1.56 bits per heavy atom. The molecular formula is C34H42N2O7S2. The number of nitrogens with zero attached hydrogens (tertiary/aromatic N) is 1. The smallest absolute Gasteiger partial charge is 0.338 e. The van der Waals surface area contributed by atoms with Gasteiger partial charge in [0.25, 0.3) is 0 Å². The third kappa shape index (κ3) is 11.9. The third-order valence-electron chi connectivity index (χ3n) is 7.48. The molecule has 0 aromatic heterocycles. The predicted octanol–water partition coefficient (Wildman–Crippen LogP) is 6.73. The zero-order valence-electron chi connectivity index (χ0n) is 26.5. The van der Waals surface area contributed by atoms with Crippen LogP contribution in [0.4, 0.5) is 0 Å². The summed E-state index contributed by atoms with van der Waals surface area (Å²) >= 11 is 6.85. The van der Waals surface area contributed by atoms with Crippen LogP contribution in [-0.2, 0) is 19.1 Å². The van der Waals surface area contributed by atoms with Crippen LogP contribution in [0, 0.1) is 22.2 Å². The lowest BCUT2D eigenvalue weighted by Gasteiger charge is -2.33. The Morgan fingerprint density at radius 3 is 2.13 bits per heavy atom. The van der Waals surface area contributed by atoms with Gasteiger partial charge in [-0.25, -0.2) is 4.79 Å². The van der Waals surface area contributed by atoms with E-state index in [-0.39, 0.29) is 49.9 Å². The Balaban J connectivity index is 2.08. The van der Waals surface area contributed by atoms with Gasteiger partial charge in [-0.15, -0.1) is 0 Å². The number of hydrogen-bond acceptors (Lipinski definition) is 9. The van der Waals surface area contributed by atoms with Crippen molar-refractivity contribution < 1.29 is 33.8 Å². The number of aliphatic carboxylic acids is 1. The van der Waals surface area contributed by atoms with Gasteiger partial charge in [-0.2, -0.15) is 5.26 Å². The van der Waals surface area contributed by atoms with Gasteiger partial charge in [0.15, 0.2) is 0 Å². The van der Waals surface area contributed by atoms with Crippen LogP contribution < -0.4 is 10.1 Å². The van der Waals surface area contributed by atoms with Crippen LogP contribution >= 0.6 is 24.0 Å². The van der Waals surface area contributed by atoms with E-state index in [2.05, 4.69) is 11.4 Å². The van der Waals surface area contributed by atoms with Gasteiger partial charge in [0.05, 0.1) is 38.0 Å². The molecule has 0 heterocycles. The lowest BCUT2D eigenvalue weighted by atomic mass is 9.75. The highest BCUT2D eigenvalue weighted by Gasteiger charge is 2.41. The minimum atomic E-state index is -1.16. The highest BCUT2D eigenvalue weighted by Crippen LogP contribution is 2.41. The molecule has 1 amide bonds. The zero-order chi connectivity index (χ0) is 33.7. The molecule has 0 saturated carbocycles. The number of carbonyl (C=O) groups excluding carboxylic acids is 3. The first-order valence-electron chi connectivity index (χ1n) is 14.8. The number of rotatable bonds is 17. The van der Waals surface area contributed by atoms with Crippen molar-refractivity contribution >= 4 is 52.0 Å². The number of hydrogen-bond donors (Lipinski definition) is 2. The van der Waals surface area contributed by atoms with Crippen LogP contribution in [0.15, 0.2) is 54.6 Å². The fraction of sp³-hybridized carbons (Fsp3) is 0.471. The van der Waals surface area contributed by atoms with E-state index in [1.165, 1.54) is 36.0 Å². The van der Waals surface area contributed by atoms with Gasteiger partial charge in [0.2, 0.25) is 5.91 Å². The maximum absolute atomic E-state index is 13.6. The van der Waals surface area contributed by atoms with Crippen LogP contribution in [-0.4, -0.2) is 51.0 Å². The van der Waals surface area contributed by atoms with Gasteiger partial charge >= 0.3 is 17.9 Å². The average Bonchev–Trinajstić information content (AvgIpc) is 3.01. The number of carboxylic acids is 1. The Hall–Kier alpha value is -3.75. The van der Waals surface area contributed by atoms with Gasteiger partial charge in [-0.1, -0.05) is 61.2 Å². The first-order chi connectivity index (χ1) is 21.1. The molecule has 11 heteroatoms. The molecule has 0 aliphatic heterocycles. The fourth-order valence-electron chi connectivity index (χ4n) is 4.17. The van der Waals surface area contributed by atoms with Gasteiger partial charge in [0.1, 0.15) is 12.4 Å². The molecule has 242 valence electrons. The number of amides is 1. The van der Waals surface area contributed by atoms with Crippen LogP contribution in [0.2, 0.25) is 0 Å². The second-order valence-corrected chi connectivity index (χ2v) is 14.2. The number of ether oxygens (including phenoxy) is 2. The van der Waals surface area contributed by atoms with Crippen molar-refractivity contribution in [3.63, 3.8) is 0 Å². The Morgan fingerprint density at radius 1 is 0.933 bits per heavy atom. The van der Waals surface area contributed by atoms with E-state index < -0.39 is 27.5 Å². The summed E-state index contributed by atoms with van der Waals surface area (Å²) in [6.07, 6.45) is 2.00. The molecule has 0 fully saturated rings. The number of esters is 2. The van der Waals surface area contributed by atoms with Crippen molar-refractivity contribution in [3.8, 4) is 11.8 Å². The molecule has 45 heavy (non-hydrogen) atoms. The summed E-state index contributed by atoms with van der Waals surface area (Å²) in [6.45, 7) is 8.71. The highest BCUT2D eigenvalue weighted by molar-refractivity contribution is 8.25. The Kier molecular flexibility index (Phi) is 14.2. The van der Waals surface area contributed by atoms with Crippen molar-refractivity contribution in [3.05, 3.63) is 65.7 Å². The summed E-state index contributed by atoms with van der Waals surface area (Å²) in [6, 6.07) is 17.5. The summed E-state index contributed by atoms with van der Waals surface area (Å²) in [4.78, 5) is 50.1. The Labute approximate surface area is 275 Å². The number of carbonyl (C=O) groups is 4. The van der Waals surface area contributed by atoms with Crippen molar-refractivity contribution in [1.82, 2.24) is 5.32 Å². The monoisotopic (exact) mass is 654 g/mol. The van der Waals surface area contributed by atoms with E-state index in [1.54, 1.807) is 27.7 Å². The molecular weight excluding hydrogens is 613 g/mol. The molecule has 2 N–H and O–H groups in total. The van der Waals surface area contributed by atoms with Crippen molar-refractivity contribution in [2.45, 2.75) is 77.9 Å². The van der Waals surface area contributed by atoms with Gasteiger partial charge < -0.3 is 19.9 Å². The van der Waals surface area contributed by atoms with E-state index in [1.807, 2.05) is 37.3 Å². The molecule has 2 aromatic rings. The SMILES string of the molecule is CCCC(=O)Oc1ccc(C(=O)OCCNC(=O)C(C)(CCC(C)(CCC(C)(C)C#N)C(=O)O)SC(=S)c2ccccc2)cc1. The largest absolute Gasteiger partial charge is 0.481 e. The number of thiocarbonyl (C=S) groups is 1. The molecule has 0 radical (unpaired) electrons. The summed E-state index contributed by atoms with van der Waals surface area (Å²) in [5.41, 5.74) is -0.808. The van der Waals surface area contributed by atoms with Crippen LogP contribution in [0.1, 0.15) is 89.1 Å². The molecule has 2 atom stereocenters. The second kappa shape index (κ2) is 17.1. The summed E-state index contributed by atoms with van der Waals surface area (Å²) in [5, 5.41) is 22.3. The summed E-state index contributed by atoms with van der Waals surface area (Å²) < 4.78 is 9.87. The number of thioether (sulfide) groups is 1. The molecule has 0 aliphatic carbocycles. The van der Waals surface area contributed by atoms with Gasteiger partial charge in [-0.05, 0) is 89.6 Å². The lowest BCUT2D eigenvalue weighted by Crippen LogP contribution is -2.45. The maximum atomic E-state index is 13.6. The highest BCUT2D eigenvalue weighted by atomic mass is 32.2. The normalized spacial score (nSPS) is 13.8. The Bertz CT molecular complexity index is 1390. The molecule has 0 saturated heterocycles.